The zero-order valence-electron chi connectivity index (χ0n) is 16.2. The summed E-state index contributed by atoms with van der Waals surface area (Å²) in [5.41, 5.74) is 0.940. The van der Waals surface area contributed by atoms with Gasteiger partial charge in [-0.15, -0.1) is 11.3 Å². The largest absolute Gasteiger partial charge is 0.481 e. The first-order chi connectivity index (χ1) is 13.3. The third-order valence-corrected chi connectivity index (χ3v) is 6.29. The number of carboxylic acids is 1. The smallest absolute Gasteiger partial charge is 0.308 e. The van der Waals surface area contributed by atoms with Crippen LogP contribution in [0.25, 0.3) is 10.2 Å². The molecule has 3 aromatic rings. The second-order valence-electron chi connectivity index (χ2n) is 7.34. The molecule has 0 radical (unpaired) electrons. The van der Waals surface area contributed by atoms with Crippen molar-refractivity contribution in [3.05, 3.63) is 65.2 Å². The van der Waals surface area contributed by atoms with Gasteiger partial charge in [-0.1, -0.05) is 42.5 Å². The molecule has 146 valence electrons. The summed E-state index contributed by atoms with van der Waals surface area (Å²) < 4.78 is 1.08. The van der Waals surface area contributed by atoms with Crippen molar-refractivity contribution in [2.24, 2.45) is 5.92 Å². The number of rotatable bonds is 7. The number of aromatic nitrogens is 1. The summed E-state index contributed by atoms with van der Waals surface area (Å²) in [4.78, 5) is 29.3. The predicted octanol–water partition coefficient (Wildman–Crippen LogP) is 4.02. The molecule has 0 saturated heterocycles. The van der Waals surface area contributed by atoms with Gasteiger partial charge in [0.25, 0.3) is 0 Å². The first-order valence-electron chi connectivity index (χ1n) is 9.25. The number of aliphatic carboxylic acids is 1. The molecule has 3 unspecified atom stereocenters. The van der Waals surface area contributed by atoms with Crippen LogP contribution in [0.15, 0.2) is 54.6 Å². The minimum absolute atomic E-state index is 0.196. The van der Waals surface area contributed by atoms with E-state index in [1.807, 2.05) is 61.5 Å². The van der Waals surface area contributed by atoms with Crippen LogP contribution in [0.1, 0.15) is 31.3 Å². The van der Waals surface area contributed by atoms with E-state index < -0.39 is 23.3 Å². The number of carbonyl (C=O) groups is 2. The van der Waals surface area contributed by atoms with Gasteiger partial charge in [-0.3, -0.25) is 9.59 Å². The molecule has 28 heavy (non-hydrogen) atoms. The summed E-state index contributed by atoms with van der Waals surface area (Å²) in [6.45, 7) is 5.21. The van der Waals surface area contributed by atoms with Crippen molar-refractivity contribution in [1.82, 2.24) is 10.3 Å². The molecule has 3 rings (SSSR count). The highest BCUT2D eigenvalue weighted by molar-refractivity contribution is 7.18. The SMILES string of the molecule is CC(NC(=O)C(C)(Cc1nc2ccccc2s1)c1ccccc1)C(C)C(=O)O. The van der Waals surface area contributed by atoms with Gasteiger partial charge < -0.3 is 10.4 Å². The molecule has 0 fully saturated rings. The number of benzene rings is 2. The maximum Gasteiger partial charge on any atom is 0.308 e. The lowest BCUT2D eigenvalue weighted by atomic mass is 9.78. The number of nitrogens with zero attached hydrogens (tertiary/aromatic N) is 1. The van der Waals surface area contributed by atoms with Crippen LogP contribution in [0.4, 0.5) is 0 Å². The molecule has 1 amide bonds. The highest BCUT2D eigenvalue weighted by atomic mass is 32.1. The molecule has 1 heterocycles. The molecular weight excluding hydrogens is 372 g/mol. The number of hydrogen-bond acceptors (Lipinski definition) is 4. The first-order valence-corrected chi connectivity index (χ1v) is 10.1. The summed E-state index contributed by atoms with van der Waals surface area (Å²) in [5, 5.41) is 13.0. The number of carbonyl (C=O) groups excluding carboxylic acids is 1. The average Bonchev–Trinajstić information content (AvgIpc) is 3.09. The molecule has 6 heteroatoms. The summed E-state index contributed by atoms with van der Waals surface area (Å²) in [6, 6.07) is 17.0. The van der Waals surface area contributed by atoms with Crippen LogP contribution >= 0.6 is 11.3 Å². The van der Waals surface area contributed by atoms with Gasteiger partial charge in [-0.2, -0.15) is 0 Å². The second-order valence-corrected chi connectivity index (χ2v) is 8.45. The van der Waals surface area contributed by atoms with E-state index in [9.17, 15) is 14.7 Å². The summed E-state index contributed by atoms with van der Waals surface area (Å²) in [7, 11) is 0. The number of hydrogen-bond donors (Lipinski definition) is 2. The zero-order valence-corrected chi connectivity index (χ0v) is 17.0. The predicted molar refractivity (Wildman–Crippen MR) is 112 cm³/mol. The number of para-hydroxylation sites is 1. The topological polar surface area (TPSA) is 79.3 Å². The van der Waals surface area contributed by atoms with Crippen LogP contribution < -0.4 is 5.32 Å². The Morgan fingerprint density at radius 3 is 2.39 bits per heavy atom. The van der Waals surface area contributed by atoms with Crippen LogP contribution in [-0.2, 0) is 21.4 Å². The van der Waals surface area contributed by atoms with Crippen LogP contribution in [0.2, 0.25) is 0 Å². The summed E-state index contributed by atoms with van der Waals surface area (Å²) in [5.74, 6) is -1.80. The van der Waals surface area contributed by atoms with E-state index in [1.54, 1.807) is 25.2 Å². The Morgan fingerprint density at radius 1 is 1.11 bits per heavy atom. The van der Waals surface area contributed by atoms with E-state index in [4.69, 9.17) is 4.98 Å². The highest BCUT2D eigenvalue weighted by Crippen LogP contribution is 2.32. The van der Waals surface area contributed by atoms with E-state index in [2.05, 4.69) is 5.32 Å². The molecule has 5 nitrogen and oxygen atoms in total. The quantitative estimate of drug-likeness (QED) is 0.632. The number of amides is 1. The van der Waals surface area contributed by atoms with Crippen LogP contribution in [0.3, 0.4) is 0 Å². The van der Waals surface area contributed by atoms with Crippen molar-refractivity contribution >= 4 is 33.4 Å². The number of nitrogens with one attached hydrogen (secondary N) is 1. The molecule has 0 aliphatic heterocycles. The Balaban J connectivity index is 1.93. The standard InChI is InChI=1S/C22H24N2O3S/c1-14(20(25)26)15(2)23-21(27)22(3,16-9-5-4-6-10-16)13-19-24-17-11-7-8-12-18(17)28-19/h4-12,14-15H,13H2,1-3H3,(H,23,27)(H,25,26). The lowest BCUT2D eigenvalue weighted by Crippen LogP contribution is -2.49. The van der Waals surface area contributed by atoms with Crippen molar-refractivity contribution in [2.75, 3.05) is 0 Å². The molecule has 0 aliphatic rings. The average molecular weight is 397 g/mol. The molecule has 0 aliphatic carbocycles. The van der Waals surface area contributed by atoms with Crippen molar-refractivity contribution in [3.63, 3.8) is 0 Å². The summed E-state index contributed by atoms with van der Waals surface area (Å²) >= 11 is 1.58. The number of fused-ring (bicyclic) bond motifs is 1. The fraction of sp³-hybridized carbons (Fsp3) is 0.318. The Kier molecular flexibility index (Phi) is 5.79. The molecule has 0 saturated carbocycles. The highest BCUT2D eigenvalue weighted by Gasteiger charge is 2.38. The van der Waals surface area contributed by atoms with Gasteiger partial charge in [-0.05, 0) is 38.5 Å². The maximum atomic E-state index is 13.3. The minimum atomic E-state index is -0.930. The van der Waals surface area contributed by atoms with Crippen LogP contribution in [0.5, 0.6) is 0 Å². The number of thiazole rings is 1. The first kappa shape index (κ1) is 20.0. The molecule has 3 atom stereocenters. The second kappa shape index (κ2) is 8.10. The van der Waals surface area contributed by atoms with E-state index >= 15 is 0 Å². The van der Waals surface area contributed by atoms with Gasteiger partial charge in [-0.25, -0.2) is 4.98 Å². The van der Waals surface area contributed by atoms with Gasteiger partial charge in [0, 0.05) is 12.5 Å². The molecule has 0 bridgehead atoms. The maximum absolute atomic E-state index is 13.3. The Hall–Kier alpha value is -2.73. The van der Waals surface area contributed by atoms with Crippen molar-refractivity contribution in [1.29, 1.82) is 0 Å². The van der Waals surface area contributed by atoms with Gasteiger partial charge in [0.05, 0.1) is 26.6 Å². The number of carboxylic acid groups (broad SMARTS) is 1. The Labute approximate surface area is 168 Å². The summed E-state index contributed by atoms with van der Waals surface area (Å²) in [6.07, 6.45) is 0.441. The fourth-order valence-corrected chi connectivity index (χ4v) is 4.25. The molecule has 2 aromatic carbocycles. The molecule has 0 spiro atoms. The lowest BCUT2D eigenvalue weighted by Gasteiger charge is -2.30. The van der Waals surface area contributed by atoms with E-state index in [1.165, 1.54) is 0 Å². The van der Waals surface area contributed by atoms with Gasteiger partial charge >= 0.3 is 5.97 Å². The normalized spacial score (nSPS) is 15.5. The van der Waals surface area contributed by atoms with E-state index in [0.717, 1.165) is 20.8 Å². The Bertz CT molecular complexity index is 953. The monoisotopic (exact) mass is 396 g/mol. The van der Waals surface area contributed by atoms with Gasteiger partial charge in [0.1, 0.15) is 0 Å². The van der Waals surface area contributed by atoms with E-state index in [0.29, 0.717) is 6.42 Å². The van der Waals surface area contributed by atoms with Crippen LogP contribution in [-0.4, -0.2) is 28.0 Å². The van der Waals surface area contributed by atoms with Crippen molar-refractivity contribution < 1.29 is 14.7 Å². The van der Waals surface area contributed by atoms with Gasteiger partial charge in [0.2, 0.25) is 5.91 Å². The van der Waals surface area contributed by atoms with E-state index in [-0.39, 0.29) is 5.91 Å². The van der Waals surface area contributed by atoms with Crippen molar-refractivity contribution in [2.45, 2.75) is 38.6 Å². The lowest BCUT2D eigenvalue weighted by molar-refractivity contribution is -0.142. The third-order valence-electron chi connectivity index (χ3n) is 5.25. The molecule has 2 N–H and O–H groups in total. The fourth-order valence-electron chi connectivity index (χ4n) is 3.12. The van der Waals surface area contributed by atoms with Crippen LogP contribution in [0, 0.1) is 5.92 Å². The molecule has 1 aromatic heterocycles. The minimum Gasteiger partial charge on any atom is -0.481 e. The van der Waals surface area contributed by atoms with Gasteiger partial charge in [0.15, 0.2) is 0 Å². The molecular formula is C22H24N2O3S. The third kappa shape index (κ3) is 4.07. The Morgan fingerprint density at radius 2 is 1.75 bits per heavy atom. The zero-order chi connectivity index (χ0) is 20.3. The van der Waals surface area contributed by atoms with Crippen molar-refractivity contribution in [3.8, 4) is 0 Å².